The second-order valence-electron chi connectivity index (χ2n) is 7.06. The summed E-state index contributed by atoms with van der Waals surface area (Å²) in [5, 5.41) is 11.4. The van der Waals surface area contributed by atoms with Crippen molar-refractivity contribution in [2.75, 3.05) is 6.61 Å². The Labute approximate surface area is 136 Å². The van der Waals surface area contributed by atoms with E-state index in [1.807, 2.05) is 45.9 Å². The smallest absolute Gasteiger partial charge is 0.465 e. The summed E-state index contributed by atoms with van der Waals surface area (Å²) in [6.07, 6.45) is -1.05. The van der Waals surface area contributed by atoms with Crippen molar-refractivity contribution >= 4 is 18.7 Å². The molecule has 7 heteroatoms. The van der Waals surface area contributed by atoms with Crippen LogP contribution in [0.25, 0.3) is 0 Å². The Morgan fingerprint density at radius 2 is 1.91 bits per heavy atom. The monoisotopic (exact) mass is 319 g/mol. The van der Waals surface area contributed by atoms with Gasteiger partial charge >= 0.3 is 13.2 Å². The number of nitrogens with one attached hydrogen (secondary N) is 1. The first kappa shape index (κ1) is 16.3. The zero-order valence-electron chi connectivity index (χ0n) is 13.9. The van der Waals surface area contributed by atoms with Gasteiger partial charge in [0.2, 0.25) is 0 Å². The van der Waals surface area contributed by atoms with Crippen LogP contribution in [-0.2, 0) is 20.7 Å². The molecule has 2 aliphatic rings. The molecule has 124 valence electrons. The van der Waals surface area contributed by atoms with Crippen molar-refractivity contribution in [3.8, 4) is 0 Å². The Kier molecular flexibility index (Phi) is 3.90. The van der Waals surface area contributed by atoms with Gasteiger partial charge in [-0.15, -0.1) is 0 Å². The van der Waals surface area contributed by atoms with Crippen LogP contribution < -0.4 is 10.8 Å². The van der Waals surface area contributed by atoms with E-state index in [1.165, 1.54) is 0 Å². The molecule has 0 aliphatic carbocycles. The molecule has 1 aromatic carbocycles. The Hall–Kier alpha value is -1.57. The summed E-state index contributed by atoms with van der Waals surface area (Å²) < 4.78 is 17.6. The minimum Gasteiger partial charge on any atom is -0.465 e. The summed E-state index contributed by atoms with van der Waals surface area (Å²) in [6.45, 7) is 8.86. The quantitative estimate of drug-likeness (QED) is 0.813. The van der Waals surface area contributed by atoms with Gasteiger partial charge in [0, 0.05) is 0 Å². The van der Waals surface area contributed by atoms with E-state index in [0.29, 0.717) is 13.2 Å². The second kappa shape index (κ2) is 5.51. The first-order valence-electron chi connectivity index (χ1n) is 7.75. The largest absolute Gasteiger partial charge is 0.494 e. The van der Waals surface area contributed by atoms with Gasteiger partial charge in [-0.25, -0.2) is 4.79 Å². The van der Waals surface area contributed by atoms with Crippen LogP contribution >= 0.6 is 0 Å². The number of carboxylic acid groups (broad SMARTS) is 1. The first-order valence-corrected chi connectivity index (χ1v) is 7.75. The van der Waals surface area contributed by atoms with E-state index in [2.05, 4.69) is 5.32 Å². The van der Waals surface area contributed by atoms with Crippen LogP contribution in [0.3, 0.4) is 0 Å². The third kappa shape index (κ3) is 2.96. The van der Waals surface area contributed by atoms with Crippen LogP contribution in [0.15, 0.2) is 18.2 Å². The van der Waals surface area contributed by atoms with Crippen LogP contribution in [-0.4, -0.2) is 36.1 Å². The first-order chi connectivity index (χ1) is 10.7. The molecular weight excluding hydrogens is 297 g/mol. The van der Waals surface area contributed by atoms with E-state index < -0.39 is 24.4 Å². The third-order valence-corrected chi connectivity index (χ3v) is 4.91. The average Bonchev–Trinajstić information content (AvgIpc) is 2.67. The molecule has 0 spiro atoms. The molecule has 6 nitrogen and oxygen atoms in total. The predicted molar refractivity (Wildman–Crippen MR) is 85.7 cm³/mol. The van der Waals surface area contributed by atoms with Gasteiger partial charge in [-0.1, -0.05) is 18.2 Å². The summed E-state index contributed by atoms with van der Waals surface area (Å²) >= 11 is 0. The number of ether oxygens (including phenoxy) is 1. The van der Waals surface area contributed by atoms with Crippen LogP contribution in [0, 0.1) is 0 Å². The number of rotatable bonds is 2. The average molecular weight is 319 g/mol. The number of benzene rings is 1. The molecule has 0 bridgehead atoms. The maximum Gasteiger partial charge on any atom is 0.494 e. The molecular formula is C16H22BNO5. The number of hydrogen-bond acceptors (Lipinski definition) is 4. The molecule has 1 amide bonds. The minimum absolute atomic E-state index is 0.342. The van der Waals surface area contributed by atoms with Gasteiger partial charge in [-0.2, -0.15) is 0 Å². The van der Waals surface area contributed by atoms with E-state index in [-0.39, 0.29) is 6.04 Å². The highest BCUT2D eigenvalue weighted by Gasteiger charge is 2.51. The number of hydrogen-bond donors (Lipinski definition) is 2. The molecule has 2 heterocycles. The van der Waals surface area contributed by atoms with Gasteiger partial charge in [0.15, 0.2) is 0 Å². The van der Waals surface area contributed by atoms with Gasteiger partial charge in [-0.3, -0.25) is 0 Å². The molecule has 2 aliphatic heterocycles. The maximum atomic E-state index is 10.9. The Morgan fingerprint density at radius 3 is 2.52 bits per heavy atom. The number of carbonyl (C=O) groups is 1. The molecule has 0 radical (unpaired) electrons. The molecule has 0 aromatic heterocycles. The predicted octanol–water partition coefficient (Wildman–Crippen LogP) is 1.82. The van der Waals surface area contributed by atoms with E-state index in [4.69, 9.17) is 19.2 Å². The van der Waals surface area contributed by atoms with Crippen LogP contribution in [0.1, 0.15) is 44.9 Å². The molecule has 1 unspecified atom stereocenters. The van der Waals surface area contributed by atoms with E-state index in [1.54, 1.807) is 0 Å². The summed E-state index contributed by atoms with van der Waals surface area (Å²) in [5.41, 5.74) is 2.04. The van der Waals surface area contributed by atoms with Crippen molar-refractivity contribution in [1.29, 1.82) is 0 Å². The normalized spacial score (nSPS) is 25.0. The Bertz CT molecular complexity index is 615. The molecule has 2 N–H and O–H groups in total. The molecule has 1 aromatic rings. The van der Waals surface area contributed by atoms with Crippen molar-refractivity contribution in [2.45, 2.75) is 51.5 Å². The summed E-state index contributed by atoms with van der Waals surface area (Å²) in [4.78, 5) is 10.9. The van der Waals surface area contributed by atoms with E-state index in [9.17, 15) is 4.79 Å². The van der Waals surface area contributed by atoms with Crippen LogP contribution in [0.4, 0.5) is 4.79 Å². The lowest BCUT2D eigenvalue weighted by molar-refractivity contribution is 0.00578. The lowest BCUT2D eigenvalue weighted by Gasteiger charge is -2.32. The molecule has 0 saturated carbocycles. The zero-order valence-corrected chi connectivity index (χ0v) is 13.9. The third-order valence-electron chi connectivity index (χ3n) is 4.91. The van der Waals surface area contributed by atoms with Crippen molar-refractivity contribution in [3.05, 3.63) is 29.3 Å². The van der Waals surface area contributed by atoms with Gasteiger partial charge in [0.1, 0.15) is 0 Å². The molecule has 1 atom stereocenters. The van der Waals surface area contributed by atoms with E-state index in [0.717, 1.165) is 16.6 Å². The van der Waals surface area contributed by atoms with Crippen molar-refractivity contribution in [1.82, 2.24) is 5.32 Å². The Balaban J connectivity index is 1.86. The topological polar surface area (TPSA) is 77.0 Å². The van der Waals surface area contributed by atoms with Gasteiger partial charge in [-0.05, 0) is 44.3 Å². The highest BCUT2D eigenvalue weighted by molar-refractivity contribution is 6.62. The second-order valence-corrected chi connectivity index (χ2v) is 7.06. The standard InChI is InChI=1S/C16H22BNO5/c1-15(2)16(3,4)23-17(22-15)11-5-6-12-10(7-11)8-21-9-13(12)18-14(19)20/h5-7,13,18H,8-9H2,1-4H3,(H,19,20). The van der Waals surface area contributed by atoms with Gasteiger partial charge in [0.25, 0.3) is 0 Å². The lowest BCUT2D eigenvalue weighted by Crippen LogP contribution is -2.41. The van der Waals surface area contributed by atoms with Crippen molar-refractivity contribution in [3.63, 3.8) is 0 Å². The number of fused-ring (bicyclic) bond motifs is 1. The van der Waals surface area contributed by atoms with E-state index >= 15 is 0 Å². The van der Waals surface area contributed by atoms with Crippen molar-refractivity contribution in [2.24, 2.45) is 0 Å². The molecule has 1 saturated heterocycles. The molecule has 1 fully saturated rings. The Morgan fingerprint density at radius 1 is 1.26 bits per heavy atom. The fraction of sp³-hybridized carbons (Fsp3) is 0.562. The van der Waals surface area contributed by atoms with Gasteiger partial charge < -0.3 is 24.5 Å². The van der Waals surface area contributed by atoms with Crippen molar-refractivity contribution < 1.29 is 23.9 Å². The van der Waals surface area contributed by atoms with Crippen LogP contribution in [0.2, 0.25) is 0 Å². The SMILES string of the molecule is CC1(C)OB(c2ccc3c(c2)COCC3NC(=O)O)OC1(C)C. The number of amides is 1. The summed E-state index contributed by atoms with van der Waals surface area (Å²) in [5.74, 6) is 0. The molecule has 3 rings (SSSR count). The fourth-order valence-electron chi connectivity index (χ4n) is 2.86. The van der Waals surface area contributed by atoms with Gasteiger partial charge in [0.05, 0.1) is 30.5 Å². The maximum absolute atomic E-state index is 10.9. The summed E-state index contributed by atoms with van der Waals surface area (Å²) in [6, 6.07) is 5.50. The lowest BCUT2D eigenvalue weighted by atomic mass is 9.77. The summed E-state index contributed by atoms with van der Waals surface area (Å²) in [7, 11) is -0.432. The highest BCUT2D eigenvalue weighted by Crippen LogP contribution is 2.36. The highest BCUT2D eigenvalue weighted by atomic mass is 16.7. The fourth-order valence-corrected chi connectivity index (χ4v) is 2.86. The van der Waals surface area contributed by atoms with Crippen LogP contribution in [0.5, 0.6) is 0 Å². The minimum atomic E-state index is -1.05. The molecule has 23 heavy (non-hydrogen) atoms. The zero-order chi connectivity index (χ0) is 16.8.